The molecule has 0 bridgehead atoms. The first-order valence-electron chi connectivity index (χ1n) is 40.3. The molecule has 0 aromatic rings. The van der Waals surface area contributed by atoms with Crippen LogP contribution in [0.5, 0.6) is 0 Å². The highest BCUT2D eigenvalue weighted by Gasteiger charge is 2.51. The van der Waals surface area contributed by atoms with Crippen LogP contribution in [0.3, 0.4) is 0 Å². The molecule has 9 N–H and O–H groups in total. The Morgan fingerprint density at radius 2 is 0.697 bits per heavy atom. The lowest BCUT2D eigenvalue weighted by Crippen LogP contribution is -2.65. The van der Waals surface area contributed by atoms with Crippen molar-refractivity contribution >= 4 is 5.91 Å². The molecule has 14 heteroatoms. The van der Waals surface area contributed by atoms with Crippen LogP contribution in [0.2, 0.25) is 0 Å². The Kier molecular flexibility index (Phi) is 62.4. The van der Waals surface area contributed by atoms with Gasteiger partial charge in [-0.25, -0.2) is 0 Å². The molecular weight excluding hydrogens is 1240 g/mol. The predicted molar refractivity (Wildman–Crippen MR) is 410 cm³/mol. The van der Waals surface area contributed by atoms with Crippen molar-refractivity contribution in [2.24, 2.45) is 0 Å². The highest BCUT2D eigenvalue weighted by molar-refractivity contribution is 5.76. The third-order valence-corrected chi connectivity index (χ3v) is 18.9. The Bertz CT molecular complexity index is 2130. The fraction of sp³-hybridized carbons (Fsp3) is 0.753. The molecule has 0 aromatic heterocycles. The summed E-state index contributed by atoms with van der Waals surface area (Å²) in [5.74, 6) is -0.243. The number of aliphatic hydroxyl groups is 8. The van der Waals surface area contributed by atoms with Crippen LogP contribution in [0, 0.1) is 0 Å². The van der Waals surface area contributed by atoms with Crippen molar-refractivity contribution in [2.45, 2.75) is 389 Å². The second kappa shape index (κ2) is 67.6. The second-order valence-corrected chi connectivity index (χ2v) is 27.8. The zero-order valence-corrected chi connectivity index (χ0v) is 62.4. The minimum atomic E-state index is -1.79. The number of carbonyl (C=O) groups excluding carboxylic acids is 1. The second-order valence-electron chi connectivity index (χ2n) is 27.8. The number of allylic oxidation sites excluding steroid dienone is 19. The maximum Gasteiger partial charge on any atom is 0.220 e. The van der Waals surface area contributed by atoms with E-state index in [0.717, 1.165) is 103 Å². The van der Waals surface area contributed by atoms with Gasteiger partial charge < -0.3 is 65.1 Å². The molecule has 0 radical (unpaired) electrons. The van der Waals surface area contributed by atoms with E-state index >= 15 is 0 Å². The minimum Gasteiger partial charge on any atom is -0.394 e. The van der Waals surface area contributed by atoms with E-state index in [1.165, 1.54) is 186 Å². The smallest absolute Gasteiger partial charge is 0.220 e. The van der Waals surface area contributed by atoms with E-state index in [1.54, 1.807) is 6.08 Å². The summed E-state index contributed by atoms with van der Waals surface area (Å²) >= 11 is 0. The Labute approximate surface area is 603 Å². The van der Waals surface area contributed by atoms with Crippen molar-refractivity contribution in [2.75, 3.05) is 19.8 Å². The molecule has 2 fully saturated rings. The van der Waals surface area contributed by atoms with E-state index < -0.39 is 86.8 Å². The first-order chi connectivity index (χ1) is 48.6. The highest BCUT2D eigenvalue weighted by atomic mass is 16.7. The van der Waals surface area contributed by atoms with Crippen LogP contribution in [-0.2, 0) is 23.7 Å². The first-order valence-corrected chi connectivity index (χ1v) is 40.3. The maximum absolute atomic E-state index is 13.4. The fourth-order valence-corrected chi connectivity index (χ4v) is 12.6. The van der Waals surface area contributed by atoms with Gasteiger partial charge in [0.2, 0.25) is 5.91 Å². The monoisotopic (exact) mass is 1390 g/mol. The molecule has 1 amide bonds. The van der Waals surface area contributed by atoms with Gasteiger partial charge in [-0.3, -0.25) is 4.79 Å². The van der Waals surface area contributed by atoms with Crippen molar-refractivity contribution in [3.05, 3.63) is 122 Å². The molecule has 99 heavy (non-hydrogen) atoms. The van der Waals surface area contributed by atoms with E-state index in [4.69, 9.17) is 18.9 Å². The largest absolute Gasteiger partial charge is 0.394 e. The summed E-state index contributed by atoms with van der Waals surface area (Å²) in [4.78, 5) is 13.4. The van der Waals surface area contributed by atoms with Gasteiger partial charge >= 0.3 is 0 Å². The normalized spacial score (nSPS) is 22.6. The highest BCUT2D eigenvalue weighted by Crippen LogP contribution is 2.30. The number of unbranched alkanes of at least 4 members (excludes halogenated alkanes) is 35. The van der Waals surface area contributed by atoms with E-state index in [-0.39, 0.29) is 18.9 Å². The topological polar surface area (TPSA) is 228 Å². The molecule has 14 nitrogen and oxygen atoms in total. The molecule has 2 saturated heterocycles. The number of hydrogen-bond acceptors (Lipinski definition) is 13. The van der Waals surface area contributed by atoms with Gasteiger partial charge in [0.15, 0.2) is 12.6 Å². The summed E-state index contributed by atoms with van der Waals surface area (Å²) in [7, 11) is 0. The Morgan fingerprint density at radius 3 is 1.07 bits per heavy atom. The fourth-order valence-electron chi connectivity index (χ4n) is 12.6. The SMILES string of the molecule is CC/C=C\C/C=C\C/C=C\C/C=C\C/C=C\C/C=C\C/C=C\C/C=C\C/C=C\CCCCCCCCCCCCCC(=O)NC(COC1OC(CO)C(OC2OC(CO)C(O)C(O)C2O)C(O)C1O)C(O)/C=C/CCCCCCCCCCCCCCCCCCCCCCCCCC. The number of ether oxygens (including phenoxy) is 4. The zero-order chi connectivity index (χ0) is 71.5. The quantitative estimate of drug-likeness (QED) is 0.0204. The molecule has 2 heterocycles. The molecule has 0 saturated carbocycles. The molecule has 2 aliphatic heterocycles. The first kappa shape index (κ1) is 91.5. The summed E-state index contributed by atoms with van der Waals surface area (Å²) in [6.07, 6.45) is 82.6. The van der Waals surface area contributed by atoms with Crippen LogP contribution in [-0.4, -0.2) is 140 Å². The molecule has 570 valence electrons. The summed E-state index contributed by atoms with van der Waals surface area (Å²) in [6.45, 7) is 2.72. The third-order valence-electron chi connectivity index (χ3n) is 18.9. The van der Waals surface area contributed by atoms with Gasteiger partial charge in [0.1, 0.15) is 48.8 Å². The molecular formula is C85H147NO13. The molecule has 2 aliphatic rings. The van der Waals surface area contributed by atoms with Gasteiger partial charge in [-0.15, -0.1) is 0 Å². The number of nitrogens with one attached hydrogen (secondary N) is 1. The average Bonchev–Trinajstić information content (AvgIpc) is 0.794. The van der Waals surface area contributed by atoms with Gasteiger partial charge in [-0.2, -0.15) is 0 Å². The van der Waals surface area contributed by atoms with Crippen molar-refractivity contribution < 1.29 is 64.6 Å². The Balaban J connectivity index is 1.62. The van der Waals surface area contributed by atoms with Crippen molar-refractivity contribution in [3.8, 4) is 0 Å². The van der Waals surface area contributed by atoms with E-state index in [0.29, 0.717) is 6.42 Å². The average molecular weight is 1390 g/mol. The van der Waals surface area contributed by atoms with Crippen LogP contribution >= 0.6 is 0 Å². The van der Waals surface area contributed by atoms with Gasteiger partial charge in [-0.05, 0) is 89.9 Å². The third kappa shape index (κ3) is 50.4. The molecule has 12 unspecified atom stereocenters. The van der Waals surface area contributed by atoms with Crippen molar-refractivity contribution in [1.82, 2.24) is 5.32 Å². The van der Waals surface area contributed by atoms with E-state index in [1.807, 2.05) is 6.08 Å². The lowest BCUT2D eigenvalue weighted by Gasteiger charge is -2.46. The van der Waals surface area contributed by atoms with Gasteiger partial charge in [0.25, 0.3) is 0 Å². The van der Waals surface area contributed by atoms with Crippen LogP contribution in [0.4, 0.5) is 0 Å². The van der Waals surface area contributed by atoms with Crippen LogP contribution in [0.1, 0.15) is 316 Å². The number of amides is 1. The predicted octanol–water partition coefficient (Wildman–Crippen LogP) is 18.4. The van der Waals surface area contributed by atoms with Crippen LogP contribution in [0.25, 0.3) is 0 Å². The maximum atomic E-state index is 13.4. The van der Waals surface area contributed by atoms with Crippen molar-refractivity contribution in [1.29, 1.82) is 0 Å². The summed E-state index contributed by atoms with van der Waals surface area (Å²) in [5.41, 5.74) is 0. The summed E-state index contributed by atoms with van der Waals surface area (Å²) in [5, 5.41) is 87.7. The minimum absolute atomic E-state index is 0.243. The van der Waals surface area contributed by atoms with Gasteiger partial charge in [0.05, 0.1) is 32.0 Å². The molecule has 12 atom stereocenters. The molecule has 0 aromatic carbocycles. The van der Waals surface area contributed by atoms with Crippen LogP contribution in [0.15, 0.2) is 122 Å². The van der Waals surface area contributed by atoms with E-state index in [9.17, 15) is 45.6 Å². The lowest BCUT2D eigenvalue weighted by molar-refractivity contribution is -0.359. The number of carbonyl (C=O) groups is 1. The Hall–Kier alpha value is -3.61. The number of hydrogen-bond donors (Lipinski definition) is 9. The summed E-state index contributed by atoms with van der Waals surface area (Å²) < 4.78 is 22.9. The van der Waals surface area contributed by atoms with Crippen LogP contribution < -0.4 is 5.32 Å². The zero-order valence-electron chi connectivity index (χ0n) is 62.4. The van der Waals surface area contributed by atoms with E-state index in [2.05, 4.69) is 129 Å². The van der Waals surface area contributed by atoms with Gasteiger partial charge in [-0.1, -0.05) is 341 Å². The molecule has 0 aliphatic carbocycles. The number of aliphatic hydroxyl groups excluding tert-OH is 8. The summed E-state index contributed by atoms with van der Waals surface area (Å²) in [6, 6.07) is -0.926. The lowest BCUT2D eigenvalue weighted by atomic mass is 9.97. The van der Waals surface area contributed by atoms with Gasteiger partial charge in [0, 0.05) is 6.42 Å². The molecule has 0 spiro atoms. The van der Waals surface area contributed by atoms with Crippen molar-refractivity contribution in [3.63, 3.8) is 0 Å². The standard InChI is InChI=1S/C85H147NO13/c1-3-5-7-9-11-13-15-17-19-21-23-25-27-29-31-32-33-34-35-36-37-38-39-40-41-42-43-45-47-49-51-53-55-57-59-61-63-65-67-69-77(90)86-73(72-96-84-82(95)80(93)83(76(71-88)98-84)99-85-81(94)79(92)78(91)75(70-87)97-85)74(89)68-66-64-62-60-58-56-54-52-50-48-46-44-30-28-26-24-22-20-18-16-14-12-10-8-6-4-2/h5,7,11,13,17,19,23,25,29,31,33-34,36-37,39-40,42-43,66,68,73-76,78-85,87-89,91-95H,3-4,6,8-10,12,14-16,18,20-22,24,26-28,30,32,35,38,41,44-65,67,69-72H2,1-2H3,(H,86,90)/b7-5-,13-11-,19-17-,25-23-,31-29-,34-33-,37-36-,40-39-,43-42-,68-66+. The number of rotatable bonds is 66. The Morgan fingerprint density at radius 1 is 0.374 bits per heavy atom. The molecule has 2 rings (SSSR count).